The van der Waals surface area contributed by atoms with Crippen LogP contribution in [0.25, 0.3) is 0 Å². The van der Waals surface area contributed by atoms with E-state index in [2.05, 4.69) is 30.1 Å². The van der Waals surface area contributed by atoms with Crippen LogP contribution in [0.3, 0.4) is 0 Å². The summed E-state index contributed by atoms with van der Waals surface area (Å²) in [7, 11) is 0. The number of nitriles is 1. The maximum Gasteiger partial charge on any atom is 0.106 e. The first-order chi connectivity index (χ1) is 9.74. The third-order valence-electron chi connectivity index (χ3n) is 5.51. The van der Waals surface area contributed by atoms with E-state index in [1.165, 1.54) is 45.2 Å². The molecule has 1 aliphatic carbocycles. The largest absolute Gasteiger partial charge is 0.300 e. The van der Waals surface area contributed by atoms with Gasteiger partial charge in [-0.3, -0.25) is 5.32 Å². The minimum atomic E-state index is -0.291. The fraction of sp³-hybridized carbons (Fsp3) is 0.941. The van der Waals surface area contributed by atoms with Gasteiger partial charge in [0.1, 0.15) is 5.54 Å². The first kappa shape index (κ1) is 15.8. The van der Waals surface area contributed by atoms with Gasteiger partial charge >= 0.3 is 0 Å². The minimum Gasteiger partial charge on any atom is -0.300 e. The van der Waals surface area contributed by atoms with Crippen molar-refractivity contribution in [3.63, 3.8) is 0 Å². The van der Waals surface area contributed by atoms with E-state index in [-0.39, 0.29) is 5.54 Å². The third kappa shape index (κ3) is 3.54. The summed E-state index contributed by atoms with van der Waals surface area (Å²) >= 11 is 0. The maximum absolute atomic E-state index is 9.46. The molecule has 0 radical (unpaired) electrons. The van der Waals surface area contributed by atoms with E-state index in [1.807, 2.05) is 0 Å². The second kappa shape index (κ2) is 7.43. The van der Waals surface area contributed by atoms with Crippen molar-refractivity contribution >= 4 is 0 Å². The molecule has 2 rings (SSSR count). The first-order valence-electron chi connectivity index (χ1n) is 8.65. The molecule has 1 heterocycles. The highest BCUT2D eigenvalue weighted by Gasteiger charge is 2.35. The zero-order valence-electron chi connectivity index (χ0n) is 13.3. The summed E-state index contributed by atoms with van der Waals surface area (Å²) in [6.07, 6.45) is 10.2. The Hall–Kier alpha value is -0.590. The van der Waals surface area contributed by atoms with Crippen LogP contribution in [0.1, 0.15) is 65.2 Å². The molecule has 0 spiro atoms. The normalized spacial score (nSPS) is 29.6. The molecule has 20 heavy (non-hydrogen) atoms. The molecule has 3 nitrogen and oxygen atoms in total. The zero-order chi connectivity index (χ0) is 14.4. The van der Waals surface area contributed by atoms with Crippen molar-refractivity contribution in [3.05, 3.63) is 0 Å². The molecule has 0 amide bonds. The van der Waals surface area contributed by atoms with Crippen LogP contribution < -0.4 is 5.32 Å². The van der Waals surface area contributed by atoms with E-state index in [9.17, 15) is 5.26 Å². The number of rotatable bonds is 7. The fourth-order valence-corrected chi connectivity index (χ4v) is 4.27. The van der Waals surface area contributed by atoms with Crippen molar-refractivity contribution < 1.29 is 0 Å². The second-order valence-corrected chi connectivity index (χ2v) is 6.62. The molecule has 114 valence electrons. The van der Waals surface area contributed by atoms with E-state index >= 15 is 0 Å². The number of nitrogens with zero attached hydrogens (tertiary/aromatic N) is 2. The van der Waals surface area contributed by atoms with Gasteiger partial charge in [-0.1, -0.05) is 26.7 Å². The highest BCUT2D eigenvalue weighted by Crippen LogP contribution is 2.36. The van der Waals surface area contributed by atoms with E-state index in [1.54, 1.807) is 0 Å². The molecule has 2 fully saturated rings. The highest BCUT2D eigenvalue weighted by atomic mass is 15.2. The number of nitrogens with one attached hydrogen (secondary N) is 1. The summed E-state index contributed by atoms with van der Waals surface area (Å²) in [5.74, 6) is 0.976. The molecule has 0 bridgehead atoms. The molecular weight excluding hydrogens is 246 g/mol. The Morgan fingerprint density at radius 2 is 2.05 bits per heavy atom. The summed E-state index contributed by atoms with van der Waals surface area (Å²) < 4.78 is 0. The molecule has 0 aromatic carbocycles. The molecule has 0 aromatic rings. The van der Waals surface area contributed by atoms with E-state index in [0.29, 0.717) is 0 Å². The van der Waals surface area contributed by atoms with Crippen molar-refractivity contribution in [2.45, 2.75) is 76.8 Å². The van der Waals surface area contributed by atoms with Gasteiger partial charge in [-0.25, -0.2) is 0 Å². The first-order valence-corrected chi connectivity index (χ1v) is 8.65. The van der Waals surface area contributed by atoms with E-state index in [4.69, 9.17) is 0 Å². The Balaban J connectivity index is 1.79. The lowest BCUT2D eigenvalue weighted by molar-refractivity contribution is 0.175. The van der Waals surface area contributed by atoms with Crippen molar-refractivity contribution in [3.8, 4) is 6.07 Å². The number of likely N-dealkylation sites (tertiary alicyclic amines) is 1. The molecular formula is C17H31N3. The molecule has 0 aromatic heterocycles. The van der Waals surface area contributed by atoms with E-state index in [0.717, 1.165) is 37.8 Å². The average Bonchev–Trinajstić information content (AvgIpc) is 2.90. The Kier molecular flexibility index (Phi) is 5.86. The molecule has 1 saturated carbocycles. The number of hydrogen-bond acceptors (Lipinski definition) is 3. The van der Waals surface area contributed by atoms with Crippen LogP contribution in [0.5, 0.6) is 0 Å². The van der Waals surface area contributed by atoms with Crippen molar-refractivity contribution in [2.75, 3.05) is 19.6 Å². The van der Waals surface area contributed by atoms with Gasteiger partial charge in [0.2, 0.25) is 0 Å². The van der Waals surface area contributed by atoms with Crippen molar-refractivity contribution in [2.24, 2.45) is 5.92 Å². The van der Waals surface area contributed by atoms with Crippen LogP contribution in [-0.2, 0) is 0 Å². The predicted molar refractivity (Wildman–Crippen MR) is 83.5 cm³/mol. The lowest BCUT2D eigenvalue weighted by atomic mass is 9.85. The standard InChI is InChI=1S/C17H31N3/c1-3-17(14-18,19-4-2)11-7-12-20-13-10-15-8-5-6-9-16(15)20/h15-16,19H,3-13H2,1-2H3. The zero-order valence-corrected chi connectivity index (χ0v) is 13.3. The molecule has 1 aliphatic heterocycles. The molecule has 2 aliphatic rings. The van der Waals surface area contributed by atoms with Crippen LogP contribution in [-0.4, -0.2) is 36.1 Å². The lowest BCUT2D eigenvalue weighted by Gasteiger charge is -2.33. The summed E-state index contributed by atoms with van der Waals surface area (Å²) in [6.45, 7) is 7.59. The topological polar surface area (TPSA) is 39.1 Å². The smallest absolute Gasteiger partial charge is 0.106 e. The molecule has 3 atom stereocenters. The van der Waals surface area contributed by atoms with Gasteiger partial charge < -0.3 is 4.90 Å². The molecule has 1 N–H and O–H groups in total. The predicted octanol–water partition coefficient (Wildman–Crippen LogP) is 3.31. The monoisotopic (exact) mass is 277 g/mol. The van der Waals surface area contributed by atoms with Crippen molar-refractivity contribution in [1.29, 1.82) is 5.26 Å². The Morgan fingerprint density at radius 3 is 2.75 bits per heavy atom. The third-order valence-corrected chi connectivity index (χ3v) is 5.51. The number of hydrogen-bond donors (Lipinski definition) is 1. The fourth-order valence-electron chi connectivity index (χ4n) is 4.27. The number of fused-ring (bicyclic) bond motifs is 1. The summed E-state index contributed by atoms with van der Waals surface area (Å²) in [4.78, 5) is 2.72. The maximum atomic E-state index is 9.46. The van der Waals surface area contributed by atoms with Gasteiger partial charge in [-0.15, -0.1) is 0 Å². The second-order valence-electron chi connectivity index (χ2n) is 6.62. The van der Waals surface area contributed by atoms with Crippen LogP contribution in [0.15, 0.2) is 0 Å². The molecule has 1 saturated heterocycles. The minimum absolute atomic E-state index is 0.291. The van der Waals surface area contributed by atoms with Gasteiger partial charge in [-0.2, -0.15) is 5.26 Å². The average molecular weight is 277 g/mol. The highest BCUT2D eigenvalue weighted by molar-refractivity contribution is 5.06. The lowest BCUT2D eigenvalue weighted by Crippen LogP contribution is -2.44. The van der Waals surface area contributed by atoms with Gasteiger partial charge in [0.05, 0.1) is 6.07 Å². The SMILES string of the molecule is CCNC(C#N)(CC)CCCN1CCC2CCCCC21. The molecule has 3 unspecified atom stereocenters. The van der Waals surface area contributed by atoms with Crippen LogP contribution in [0.2, 0.25) is 0 Å². The van der Waals surface area contributed by atoms with Crippen molar-refractivity contribution in [1.82, 2.24) is 10.2 Å². The van der Waals surface area contributed by atoms with Gasteiger partial charge in [0, 0.05) is 6.04 Å². The van der Waals surface area contributed by atoms with E-state index < -0.39 is 0 Å². The van der Waals surface area contributed by atoms with Gasteiger partial charge in [-0.05, 0) is 64.1 Å². The van der Waals surface area contributed by atoms with Crippen LogP contribution >= 0.6 is 0 Å². The Labute approximate surface area is 124 Å². The van der Waals surface area contributed by atoms with Crippen LogP contribution in [0.4, 0.5) is 0 Å². The van der Waals surface area contributed by atoms with Gasteiger partial charge in [0.25, 0.3) is 0 Å². The van der Waals surface area contributed by atoms with Crippen LogP contribution in [0, 0.1) is 17.2 Å². The summed E-state index contributed by atoms with van der Waals surface area (Å²) in [5.41, 5.74) is -0.291. The molecule has 3 heteroatoms. The summed E-state index contributed by atoms with van der Waals surface area (Å²) in [5, 5.41) is 12.9. The Morgan fingerprint density at radius 1 is 1.25 bits per heavy atom. The summed E-state index contributed by atoms with van der Waals surface area (Å²) in [6, 6.07) is 3.38. The quantitative estimate of drug-likeness (QED) is 0.776. The Bertz CT molecular complexity index is 336. The van der Waals surface area contributed by atoms with Gasteiger partial charge in [0.15, 0.2) is 0 Å².